The van der Waals surface area contributed by atoms with Crippen molar-refractivity contribution in [3.8, 4) is 0 Å². The van der Waals surface area contributed by atoms with Gasteiger partial charge in [0.25, 0.3) is 0 Å². The molecule has 6 nitrogen and oxygen atoms in total. The van der Waals surface area contributed by atoms with Crippen molar-refractivity contribution in [3.05, 3.63) is 0 Å². The number of aromatic nitrogens is 3. The summed E-state index contributed by atoms with van der Waals surface area (Å²) < 4.78 is 0. The minimum Gasteiger partial charge on any atom is -0.357 e. The van der Waals surface area contributed by atoms with Crippen molar-refractivity contribution in [2.75, 3.05) is 42.2 Å². The van der Waals surface area contributed by atoms with E-state index in [2.05, 4.69) is 44.3 Å². The lowest BCUT2D eigenvalue weighted by molar-refractivity contribution is 0.683. The molecule has 100 valence electrons. The van der Waals surface area contributed by atoms with Gasteiger partial charge in [0.15, 0.2) is 0 Å². The lowest BCUT2D eigenvalue weighted by Crippen LogP contribution is -2.22. The molecule has 1 aliphatic rings. The van der Waals surface area contributed by atoms with Crippen LogP contribution in [0.4, 0.5) is 17.8 Å². The fourth-order valence-electron chi connectivity index (χ4n) is 1.91. The molecule has 18 heavy (non-hydrogen) atoms. The number of hydrogen-bond acceptors (Lipinski definition) is 6. The van der Waals surface area contributed by atoms with Crippen LogP contribution in [0, 0.1) is 5.92 Å². The number of nitrogens with zero attached hydrogens (tertiary/aromatic N) is 4. The zero-order valence-corrected chi connectivity index (χ0v) is 11.4. The Morgan fingerprint density at radius 2 is 1.78 bits per heavy atom. The zero-order chi connectivity index (χ0) is 13.0. The summed E-state index contributed by atoms with van der Waals surface area (Å²) in [5, 5.41) is 6.24. The highest BCUT2D eigenvalue weighted by molar-refractivity contribution is 5.44. The van der Waals surface area contributed by atoms with Gasteiger partial charge in [-0.05, 0) is 18.8 Å². The highest BCUT2D eigenvalue weighted by atomic mass is 15.3. The molecule has 0 unspecified atom stereocenters. The quantitative estimate of drug-likeness (QED) is 0.827. The van der Waals surface area contributed by atoms with Gasteiger partial charge in [-0.3, -0.25) is 0 Å². The van der Waals surface area contributed by atoms with E-state index in [0.29, 0.717) is 17.8 Å². The Labute approximate surface area is 108 Å². The van der Waals surface area contributed by atoms with Gasteiger partial charge >= 0.3 is 0 Å². The molecule has 1 aromatic heterocycles. The molecule has 0 aromatic carbocycles. The largest absolute Gasteiger partial charge is 0.357 e. The Balaban J connectivity index is 2.15. The number of hydrogen-bond donors (Lipinski definition) is 2. The van der Waals surface area contributed by atoms with Gasteiger partial charge in [0.1, 0.15) is 0 Å². The Morgan fingerprint density at radius 1 is 1.11 bits per heavy atom. The predicted molar refractivity (Wildman–Crippen MR) is 74.1 cm³/mol. The van der Waals surface area contributed by atoms with Crippen molar-refractivity contribution in [2.45, 2.75) is 26.7 Å². The lowest BCUT2D eigenvalue weighted by Gasteiger charge is -2.17. The number of nitrogens with one attached hydrogen (secondary N) is 2. The van der Waals surface area contributed by atoms with Crippen LogP contribution in [-0.2, 0) is 0 Å². The third kappa shape index (κ3) is 3.21. The van der Waals surface area contributed by atoms with Gasteiger partial charge < -0.3 is 15.5 Å². The fraction of sp³-hybridized carbons (Fsp3) is 0.750. The second kappa shape index (κ2) is 5.84. The second-order valence-electron chi connectivity index (χ2n) is 5.00. The third-order valence-corrected chi connectivity index (χ3v) is 2.90. The summed E-state index contributed by atoms with van der Waals surface area (Å²) in [5.74, 6) is 2.62. The number of rotatable bonds is 5. The normalized spacial score (nSPS) is 15.2. The van der Waals surface area contributed by atoms with Gasteiger partial charge in [0.05, 0.1) is 0 Å². The summed E-state index contributed by atoms with van der Waals surface area (Å²) in [5.41, 5.74) is 0. The number of anilines is 3. The molecular weight excluding hydrogens is 228 g/mol. The predicted octanol–water partition coefficient (Wildman–Crippen LogP) is 1.58. The summed E-state index contributed by atoms with van der Waals surface area (Å²) in [6.07, 6.45) is 2.44. The van der Waals surface area contributed by atoms with Crippen LogP contribution < -0.4 is 15.5 Å². The van der Waals surface area contributed by atoms with Crippen LogP contribution >= 0.6 is 0 Å². The molecule has 1 saturated heterocycles. The Bertz CT molecular complexity index is 386. The Kier molecular flexibility index (Phi) is 4.17. The van der Waals surface area contributed by atoms with Crippen molar-refractivity contribution in [1.82, 2.24) is 15.0 Å². The summed E-state index contributed by atoms with van der Waals surface area (Å²) in [6, 6.07) is 0. The highest BCUT2D eigenvalue weighted by Crippen LogP contribution is 2.18. The van der Waals surface area contributed by atoms with Gasteiger partial charge in [0.2, 0.25) is 17.8 Å². The molecular formula is C12H22N6. The fourth-order valence-corrected chi connectivity index (χ4v) is 1.91. The van der Waals surface area contributed by atoms with Crippen molar-refractivity contribution in [1.29, 1.82) is 0 Å². The van der Waals surface area contributed by atoms with E-state index in [1.165, 1.54) is 12.8 Å². The molecule has 0 radical (unpaired) electrons. The van der Waals surface area contributed by atoms with Gasteiger partial charge in [-0.1, -0.05) is 13.8 Å². The molecule has 1 fully saturated rings. The molecule has 1 aliphatic heterocycles. The zero-order valence-electron chi connectivity index (χ0n) is 11.4. The summed E-state index contributed by atoms with van der Waals surface area (Å²) in [6.45, 7) is 7.27. The molecule has 2 heterocycles. The van der Waals surface area contributed by atoms with Crippen molar-refractivity contribution >= 4 is 17.8 Å². The first-order valence-electron chi connectivity index (χ1n) is 6.61. The van der Waals surface area contributed by atoms with E-state index < -0.39 is 0 Å². The smallest absolute Gasteiger partial charge is 0.231 e. The maximum Gasteiger partial charge on any atom is 0.231 e. The SMILES string of the molecule is CNc1nc(NCC(C)C)nc(N2CCCC2)n1. The van der Waals surface area contributed by atoms with E-state index in [-0.39, 0.29) is 0 Å². The van der Waals surface area contributed by atoms with Gasteiger partial charge in [-0.25, -0.2) is 0 Å². The van der Waals surface area contributed by atoms with Crippen LogP contribution in [0.25, 0.3) is 0 Å². The summed E-state index contributed by atoms with van der Waals surface area (Å²) in [4.78, 5) is 15.4. The van der Waals surface area contributed by atoms with Crippen molar-refractivity contribution < 1.29 is 0 Å². The lowest BCUT2D eigenvalue weighted by atomic mass is 10.2. The van der Waals surface area contributed by atoms with Gasteiger partial charge in [-0.2, -0.15) is 15.0 Å². The topological polar surface area (TPSA) is 66.0 Å². The van der Waals surface area contributed by atoms with Crippen LogP contribution in [-0.4, -0.2) is 41.6 Å². The van der Waals surface area contributed by atoms with E-state index in [9.17, 15) is 0 Å². The monoisotopic (exact) mass is 250 g/mol. The molecule has 1 aromatic rings. The van der Waals surface area contributed by atoms with E-state index >= 15 is 0 Å². The van der Waals surface area contributed by atoms with Crippen LogP contribution in [0.15, 0.2) is 0 Å². The summed E-state index contributed by atoms with van der Waals surface area (Å²) in [7, 11) is 1.83. The van der Waals surface area contributed by atoms with Gasteiger partial charge in [0, 0.05) is 26.7 Å². The summed E-state index contributed by atoms with van der Waals surface area (Å²) >= 11 is 0. The highest BCUT2D eigenvalue weighted by Gasteiger charge is 2.17. The molecule has 0 amide bonds. The Morgan fingerprint density at radius 3 is 2.39 bits per heavy atom. The van der Waals surface area contributed by atoms with E-state index in [4.69, 9.17) is 0 Å². The average molecular weight is 250 g/mol. The standard InChI is InChI=1S/C12H22N6/c1-9(2)8-14-11-15-10(13-3)16-12(17-11)18-6-4-5-7-18/h9H,4-8H2,1-3H3,(H2,13,14,15,16,17). The van der Waals surface area contributed by atoms with E-state index in [1.807, 2.05) is 7.05 Å². The average Bonchev–Trinajstić information content (AvgIpc) is 2.89. The van der Waals surface area contributed by atoms with Crippen LogP contribution in [0.2, 0.25) is 0 Å². The third-order valence-electron chi connectivity index (χ3n) is 2.90. The maximum absolute atomic E-state index is 4.49. The minimum atomic E-state index is 0.565. The molecule has 6 heteroatoms. The maximum atomic E-state index is 4.49. The van der Waals surface area contributed by atoms with Crippen molar-refractivity contribution in [3.63, 3.8) is 0 Å². The van der Waals surface area contributed by atoms with E-state index in [0.717, 1.165) is 25.6 Å². The molecule has 0 bridgehead atoms. The first-order valence-corrected chi connectivity index (χ1v) is 6.61. The molecule has 2 rings (SSSR count). The minimum absolute atomic E-state index is 0.565. The molecule has 0 spiro atoms. The molecule has 2 N–H and O–H groups in total. The first kappa shape index (κ1) is 12.9. The van der Waals surface area contributed by atoms with E-state index in [1.54, 1.807) is 0 Å². The van der Waals surface area contributed by atoms with Crippen LogP contribution in [0.5, 0.6) is 0 Å². The molecule has 0 saturated carbocycles. The molecule has 0 aliphatic carbocycles. The second-order valence-corrected chi connectivity index (χ2v) is 5.00. The first-order chi connectivity index (χ1) is 8.69. The van der Waals surface area contributed by atoms with Gasteiger partial charge in [-0.15, -0.1) is 0 Å². The Hall–Kier alpha value is -1.59. The molecule has 0 atom stereocenters. The van der Waals surface area contributed by atoms with Crippen LogP contribution in [0.3, 0.4) is 0 Å². The van der Waals surface area contributed by atoms with Crippen molar-refractivity contribution in [2.24, 2.45) is 5.92 Å². The van der Waals surface area contributed by atoms with Crippen LogP contribution in [0.1, 0.15) is 26.7 Å².